The second-order valence-corrected chi connectivity index (χ2v) is 3.24. The van der Waals surface area contributed by atoms with Gasteiger partial charge in [0.15, 0.2) is 0 Å². The lowest BCUT2D eigenvalue weighted by atomic mass is 10.3. The summed E-state index contributed by atoms with van der Waals surface area (Å²) in [6.07, 6.45) is 0.813. The Kier molecular flexibility index (Phi) is 6.66. The van der Waals surface area contributed by atoms with Crippen molar-refractivity contribution in [1.82, 2.24) is 16.0 Å². The van der Waals surface area contributed by atoms with Crippen LogP contribution in [-0.4, -0.2) is 42.1 Å². The van der Waals surface area contributed by atoms with Gasteiger partial charge in [0.05, 0.1) is 6.54 Å². The molecule has 4 N–H and O–H groups in total. The van der Waals surface area contributed by atoms with E-state index in [2.05, 4.69) is 16.0 Å². The van der Waals surface area contributed by atoms with Gasteiger partial charge in [0.2, 0.25) is 5.91 Å². The molecule has 0 heterocycles. The minimum atomic E-state index is -1.13. The molecule has 0 rings (SSSR count). The molecule has 0 spiro atoms. The second kappa shape index (κ2) is 7.49. The third-order valence-electron chi connectivity index (χ3n) is 1.70. The van der Waals surface area contributed by atoms with Crippen LogP contribution >= 0.6 is 0 Å². The van der Waals surface area contributed by atoms with Crippen molar-refractivity contribution < 1.29 is 19.5 Å². The van der Waals surface area contributed by atoms with Crippen LogP contribution in [0, 0.1) is 0 Å². The van der Waals surface area contributed by atoms with Gasteiger partial charge in [0, 0.05) is 6.54 Å². The van der Waals surface area contributed by atoms with E-state index in [-0.39, 0.29) is 12.5 Å². The van der Waals surface area contributed by atoms with Crippen molar-refractivity contribution in [2.24, 2.45) is 0 Å². The Labute approximate surface area is 93.6 Å². The van der Waals surface area contributed by atoms with Gasteiger partial charge in [-0.3, -0.25) is 9.59 Å². The van der Waals surface area contributed by atoms with Gasteiger partial charge in [0.1, 0.15) is 6.04 Å². The van der Waals surface area contributed by atoms with Crippen LogP contribution in [0.2, 0.25) is 0 Å². The largest absolute Gasteiger partial charge is 0.480 e. The summed E-state index contributed by atoms with van der Waals surface area (Å²) in [5.74, 6) is -1.44. The molecular weight excluding hydrogens is 214 g/mol. The van der Waals surface area contributed by atoms with E-state index in [1.54, 1.807) is 0 Å². The van der Waals surface area contributed by atoms with Crippen LogP contribution in [0.4, 0.5) is 4.79 Å². The Morgan fingerprint density at radius 3 is 2.38 bits per heavy atom. The molecule has 0 aromatic carbocycles. The predicted molar refractivity (Wildman–Crippen MR) is 56.9 cm³/mol. The van der Waals surface area contributed by atoms with Crippen LogP contribution in [0.5, 0.6) is 0 Å². The van der Waals surface area contributed by atoms with Gasteiger partial charge >= 0.3 is 12.0 Å². The van der Waals surface area contributed by atoms with E-state index in [1.807, 2.05) is 6.92 Å². The van der Waals surface area contributed by atoms with E-state index < -0.39 is 18.0 Å². The van der Waals surface area contributed by atoms with Crippen molar-refractivity contribution in [2.75, 3.05) is 13.1 Å². The zero-order valence-electron chi connectivity index (χ0n) is 9.37. The number of carboxylic acid groups (broad SMARTS) is 1. The molecule has 0 aromatic rings. The molecule has 7 heteroatoms. The molecular formula is C9H17N3O4. The second-order valence-electron chi connectivity index (χ2n) is 3.24. The predicted octanol–water partition coefficient (Wildman–Crippen LogP) is -0.715. The van der Waals surface area contributed by atoms with Crippen LogP contribution in [0.15, 0.2) is 0 Å². The van der Waals surface area contributed by atoms with E-state index in [0.29, 0.717) is 6.54 Å². The molecule has 0 saturated carbocycles. The molecule has 0 aliphatic rings. The first kappa shape index (κ1) is 14.2. The van der Waals surface area contributed by atoms with Gasteiger partial charge in [-0.05, 0) is 13.3 Å². The van der Waals surface area contributed by atoms with Crippen LogP contribution in [0.1, 0.15) is 20.3 Å². The highest BCUT2D eigenvalue weighted by Gasteiger charge is 2.13. The average molecular weight is 231 g/mol. The maximum absolute atomic E-state index is 11.1. The molecule has 0 aliphatic carbocycles. The molecule has 0 radical (unpaired) electrons. The summed E-state index contributed by atoms with van der Waals surface area (Å²) in [5.41, 5.74) is 0. The fourth-order valence-electron chi connectivity index (χ4n) is 0.797. The lowest BCUT2D eigenvalue weighted by molar-refractivity contribution is -0.138. The molecule has 0 bridgehead atoms. The zero-order chi connectivity index (χ0) is 12.6. The van der Waals surface area contributed by atoms with Gasteiger partial charge in [-0.2, -0.15) is 0 Å². The quantitative estimate of drug-likeness (QED) is 0.484. The third-order valence-corrected chi connectivity index (χ3v) is 1.70. The molecule has 0 fully saturated rings. The van der Waals surface area contributed by atoms with Gasteiger partial charge in [0.25, 0.3) is 0 Å². The SMILES string of the molecule is CCCNC(=O)CNC(=O)N[C@@H](C)C(=O)O. The van der Waals surface area contributed by atoms with Gasteiger partial charge in [-0.1, -0.05) is 6.92 Å². The summed E-state index contributed by atoms with van der Waals surface area (Å²) in [4.78, 5) is 32.5. The van der Waals surface area contributed by atoms with E-state index >= 15 is 0 Å². The summed E-state index contributed by atoms with van der Waals surface area (Å²) >= 11 is 0. The molecule has 0 unspecified atom stereocenters. The molecule has 1 atom stereocenters. The van der Waals surface area contributed by atoms with Gasteiger partial charge in [-0.25, -0.2) is 4.79 Å². The van der Waals surface area contributed by atoms with Crippen LogP contribution in [-0.2, 0) is 9.59 Å². The van der Waals surface area contributed by atoms with Gasteiger partial charge < -0.3 is 21.1 Å². The average Bonchev–Trinajstić information content (AvgIpc) is 2.23. The van der Waals surface area contributed by atoms with E-state index in [9.17, 15) is 14.4 Å². The molecule has 0 saturated heterocycles. The fraction of sp³-hybridized carbons (Fsp3) is 0.667. The molecule has 16 heavy (non-hydrogen) atoms. The molecule has 92 valence electrons. The summed E-state index contributed by atoms with van der Waals surface area (Å²) in [6.45, 7) is 3.62. The first-order valence-electron chi connectivity index (χ1n) is 5.01. The highest BCUT2D eigenvalue weighted by molar-refractivity contribution is 5.86. The van der Waals surface area contributed by atoms with Crippen molar-refractivity contribution in [3.63, 3.8) is 0 Å². The standard InChI is InChI=1S/C9H17N3O4/c1-3-4-10-7(13)5-11-9(16)12-6(2)8(14)15/h6H,3-5H2,1-2H3,(H,10,13)(H,14,15)(H2,11,12,16)/t6-/m0/s1. The minimum absolute atomic E-state index is 0.168. The normalized spacial score (nSPS) is 11.4. The number of carbonyl (C=O) groups excluding carboxylic acids is 2. The number of hydrogen-bond donors (Lipinski definition) is 4. The number of hydrogen-bond acceptors (Lipinski definition) is 3. The Hall–Kier alpha value is -1.79. The lowest BCUT2D eigenvalue weighted by Gasteiger charge is -2.10. The number of carbonyl (C=O) groups is 3. The maximum Gasteiger partial charge on any atom is 0.325 e. The first-order valence-corrected chi connectivity index (χ1v) is 5.01. The summed E-state index contributed by atoms with van der Waals surface area (Å²) in [7, 11) is 0. The van der Waals surface area contributed by atoms with E-state index in [1.165, 1.54) is 6.92 Å². The van der Waals surface area contributed by atoms with Crippen molar-refractivity contribution >= 4 is 17.9 Å². The topological polar surface area (TPSA) is 108 Å². The minimum Gasteiger partial charge on any atom is -0.480 e. The Bertz CT molecular complexity index is 267. The number of rotatable bonds is 6. The Balaban J connectivity index is 3.73. The molecule has 7 nitrogen and oxygen atoms in total. The highest BCUT2D eigenvalue weighted by Crippen LogP contribution is 1.80. The summed E-state index contributed by atoms with van der Waals surface area (Å²) in [6, 6.07) is -1.67. The van der Waals surface area contributed by atoms with Crippen LogP contribution in [0.25, 0.3) is 0 Å². The Morgan fingerprint density at radius 1 is 1.25 bits per heavy atom. The first-order chi connectivity index (χ1) is 7.47. The molecule has 0 aromatic heterocycles. The Morgan fingerprint density at radius 2 is 1.88 bits per heavy atom. The van der Waals surface area contributed by atoms with Crippen molar-refractivity contribution in [3.05, 3.63) is 0 Å². The van der Waals surface area contributed by atoms with Gasteiger partial charge in [-0.15, -0.1) is 0 Å². The van der Waals surface area contributed by atoms with E-state index in [0.717, 1.165) is 6.42 Å². The maximum atomic E-state index is 11.1. The zero-order valence-corrected chi connectivity index (χ0v) is 9.37. The van der Waals surface area contributed by atoms with Crippen LogP contribution < -0.4 is 16.0 Å². The van der Waals surface area contributed by atoms with E-state index in [4.69, 9.17) is 5.11 Å². The fourth-order valence-corrected chi connectivity index (χ4v) is 0.797. The number of urea groups is 1. The third kappa shape index (κ3) is 6.63. The molecule has 0 aliphatic heterocycles. The number of aliphatic carboxylic acids is 1. The lowest BCUT2D eigenvalue weighted by Crippen LogP contribution is -2.47. The monoisotopic (exact) mass is 231 g/mol. The van der Waals surface area contributed by atoms with Crippen LogP contribution in [0.3, 0.4) is 0 Å². The number of carboxylic acids is 1. The smallest absolute Gasteiger partial charge is 0.325 e. The van der Waals surface area contributed by atoms with Crippen molar-refractivity contribution in [2.45, 2.75) is 26.3 Å². The number of nitrogens with one attached hydrogen (secondary N) is 3. The van der Waals surface area contributed by atoms with Crippen molar-refractivity contribution in [1.29, 1.82) is 0 Å². The summed E-state index contributed by atoms with van der Waals surface area (Å²) in [5, 5.41) is 15.5. The van der Waals surface area contributed by atoms with Crippen molar-refractivity contribution in [3.8, 4) is 0 Å². The molecule has 3 amide bonds. The highest BCUT2D eigenvalue weighted by atomic mass is 16.4. The summed E-state index contributed by atoms with van der Waals surface area (Å²) < 4.78 is 0. The number of amides is 3.